The Hall–Kier alpha value is -2.99. The van der Waals surface area contributed by atoms with Crippen molar-refractivity contribution < 1.29 is 9.18 Å². The number of amides is 1. The number of halogens is 2. The number of aromatic nitrogens is 2. The van der Waals surface area contributed by atoms with E-state index in [1.807, 2.05) is 43.3 Å². The van der Waals surface area contributed by atoms with Crippen LogP contribution in [-0.4, -0.2) is 29.2 Å². The number of hydrogen-bond donors (Lipinski definition) is 1. The average Bonchev–Trinajstić information content (AvgIpc) is 2.77. The largest absolute Gasteiger partial charge is 0.354 e. The van der Waals surface area contributed by atoms with Crippen LogP contribution in [0.1, 0.15) is 18.4 Å². The molecule has 0 bridgehead atoms. The lowest BCUT2D eigenvalue weighted by molar-refractivity contribution is -0.120. The van der Waals surface area contributed by atoms with E-state index >= 15 is 0 Å². The summed E-state index contributed by atoms with van der Waals surface area (Å²) in [5.41, 5.74) is 3.53. The van der Waals surface area contributed by atoms with Crippen molar-refractivity contribution >= 4 is 29.0 Å². The minimum absolute atomic E-state index is 0.0120. The van der Waals surface area contributed by atoms with Crippen molar-refractivity contribution in [3.05, 3.63) is 71.0 Å². The van der Waals surface area contributed by atoms with Crippen molar-refractivity contribution in [3.8, 4) is 11.3 Å². The number of carbonyl (C=O) groups excluding carboxylic acids is 1. The minimum Gasteiger partial charge on any atom is -0.354 e. The Morgan fingerprint density at radius 1 is 1.17 bits per heavy atom. The van der Waals surface area contributed by atoms with Gasteiger partial charge in [-0.25, -0.2) is 4.39 Å². The summed E-state index contributed by atoms with van der Waals surface area (Å²) < 4.78 is 13.3. The molecule has 1 amide bonds. The SMILES string of the molecule is Cc1ccccc1-c1ccc(N2CCCC(C(=O)Nc3ccc(F)c(Cl)c3)C2)nn1. The molecule has 0 saturated carbocycles. The molecule has 7 heteroatoms. The van der Waals surface area contributed by atoms with Gasteiger partial charge in [0.1, 0.15) is 5.82 Å². The molecule has 1 aromatic heterocycles. The molecule has 0 spiro atoms. The van der Waals surface area contributed by atoms with Gasteiger partial charge in [-0.15, -0.1) is 10.2 Å². The molecule has 1 aliphatic heterocycles. The van der Waals surface area contributed by atoms with E-state index in [9.17, 15) is 9.18 Å². The second-order valence-corrected chi connectivity index (χ2v) is 7.90. The van der Waals surface area contributed by atoms with Gasteiger partial charge in [-0.2, -0.15) is 0 Å². The molecule has 1 aliphatic rings. The summed E-state index contributed by atoms with van der Waals surface area (Å²) in [7, 11) is 0. The number of aryl methyl sites for hydroxylation is 1. The molecule has 1 N–H and O–H groups in total. The fourth-order valence-corrected chi connectivity index (χ4v) is 3.90. The van der Waals surface area contributed by atoms with Crippen LogP contribution in [0.4, 0.5) is 15.9 Å². The first-order valence-corrected chi connectivity index (χ1v) is 10.3. The Bertz CT molecular complexity index is 1060. The first-order valence-electron chi connectivity index (χ1n) is 9.92. The third-order valence-electron chi connectivity index (χ3n) is 5.37. The molecule has 3 aromatic rings. The fourth-order valence-electron chi connectivity index (χ4n) is 3.72. The lowest BCUT2D eigenvalue weighted by Crippen LogP contribution is -2.41. The molecule has 0 radical (unpaired) electrons. The molecule has 0 aliphatic carbocycles. The molecule has 1 fully saturated rings. The molecule has 30 heavy (non-hydrogen) atoms. The van der Waals surface area contributed by atoms with Gasteiger partial charge in [0.25, 0.3) is 0 Å². The van der Waals surface area contributed by atoms with E-state index in [2.05, 4.69) is 20.4 Å². The summed E-state index contributed by atoms with van der Waals surface area (Å²) in [6, 6.07) is 16.2. The van der Waals surface area contributed by atoms with Crippen LogP contribution in [0, 0.1) is 18.7 Å². The summed E-state index contributed by atoms with van der Waals surface area (Å²) in [6.07, 6.45) is 1.66. The molecule has 1 unspecified atom stereocenters. The topological polar surface area (TPSA) is 58.1 Å². The Morgan fingerprint density at radius 2 is 2.00 bits per heavy atom. The molecule has 1 atom stereocenters. The van der Waals surface area contributed by atoms with Gasteiger partial charge in [-0.05, 0) is 55.7 Å². The fraction of sp³-hybridized carbons (Fsp3) is 0.261. The van der Waals surface area contributed by atoms with Gasteiger partial charge in [-0.3, -0.25) is 4.79 Å². The predicted octanol–water partition coefficient (Wildman–Crippen LogP) is 5.10. The third kappa shape index (κ3) is 4.44. The molecule has 2 heterocycles. The maximum atomic E-state index is 13.3. The van der Waals surface area contributed by atoms with Crippen molar-refractivity contribution in [1.82, 2.24) is 10.2 Å². The second-order valence-electron chi connectivity index (χ2n) is 7.50. The van der Waals surface area contributed by atoms with Crippen LogP contribution in [0.3, 0.4) is 0 Å². The van der Waals surface area contributed by atoms with Crippen molar-refractivity contribution in [2.45, 2.75) is 19.8 Å². The Labute approximate surface area is 179 Å². The summed E-state index contributed by atoms with van der Waals surface area (Å²) >= 11 is 5.80. The first-order chi connectivity index (χ1) is 14.5. The lowest BCUT2D eigenvalue weighted by Gasteiger charge is -2.32. The smallest absolute Gasteiger partial charge is 0.229 e. The van der Waals surface area contributed by atoms with E-state index in [0.29, 0.717) is 12.2 Å². The van der Waals surface area contributed by atoms with Crippen molar-refractivity contribution in [2.24, 2.45) is 5.92 Å². The van der Waals surface area contributed by atoms with E-state index in [0.717, 1.165) is 42.0 Å². The Kier molecular flexibility index (Phi) is 5.95. The number of nitrogens with one attached hydrogen (secondary N) is 1. The van der Waals surface area contributed by atoms with Gasteiger partial charge in [0.2, 0.25) is 5.91 Å². The molecular formula is C23H22ClFN4O. The summed E-state index contributed by atoms with van der Waals surface area (Å²) in [5.74, 6) is -0.0480. The molecule has 2 aromatic carbocycles. The molecular weight excluding hydrogens is 403 g/mol. The number of piperidine rings is 1. The van der Waals surface area contributed by atoms with E-state index < -0.39 is 5.82 Å². The standard InChI is InChI=1S/C23H22ClFN4O/c1-15-5-2-3-7-18(15)21-10-11-22(28-27-21)29-12-4-6-16(14-29)23(30)26-17-8-9-20(25)19(24)13-17/h2-3,5,7-11,13,16H,4,6,12,14H2,1H3,(H,26,30). The highest BCUT2D eigenvalue weighted by Gasteiger charge is 2.27. The number of anilines is 2. The Morgan fingerprint density at radius 3 is 2.73 bits per heavy atom. The normalized spacial score (nSPS) is 16.4. The van der Waals surface area contributed by atoms with E-state index in [1.165, 1.54) is 18.2 Å². The third-order valence-corrected chi connectivity index (χ3v) is 5.66. The van der Waals surface area contributed by atoms with Crippen LogP contribution in [0.5, 0.6) is 0 Å². The van der Waals surface area contributed by atoms with Gasteiger partial charge < -0.3 is 10.2 Å². The minimum atomic E-state index is -0.508. The number of hydrogen-bond acceptors (Lipinski definition) is 4. The molecule has 154 valence electrons. The van der Waals surface area contributed by atoms with Gasteiger partial charge >= 0.3 is 0 Å². The van der Waals surface area contributed by atoms with Crippen LogP contribution < -0.4 is 10.2 Å². The van der Waals surface area contributed by atoms with Crippen molar-refractivity contribution in [3.63, 3.8) is 0 Å². The summed E-state index contributed by atoms with van der Waals surface area (Å²) in [6.45, 7) is 3.43. The van der Waals surface area contributed by atoms with Gasteiger partial charge in [0, 0.05) is 24.3 Å². The Balaban J connectivity index is 1.44. The van der Waals surface area contributed by atoms with Gasteiger partial charge in [0.15, 0.2) is 5.82 Å². The highest BCUT2D eigenvalue weighted by atomic mass is 35.5. The quantitative estimate of drug-likeness (QED) is 0.633. The molecule has 4 rings (SSSR count). The van der Waals surface area contributed by atoms with E-state index in [4.69, 9.17) is 11.6 Å². The molecule has 5 nitrogen and oxygen atoms in total. The van der Waals surface area contributed by atoms with Crippen molar-refractivity contribution in [2.75, 3.05) is 23.3 Å². The summed E-state index contributed by atoms with van der Waals surface area (Å²) in [5, 5.41) is 11.6. The van der Waals surface area contributed by atoms with E-state index in [-0.39, 0.29) is 16.8 Å². The van der Waals surface area contributed by atoms with Crippen molar-refractivity contribution in [1.29, 1.82) is 0 Å². The number of benzene rings is 2. The van der Waals surface area contributed by atoms with Crippen LogP contribution in [0.15, 0.2) is 54.6 Å². The highest BCUT2D eigenvalue weighted by molar-refractivity contribution is 6.31. The zero-order valence-electron chi connectivity index (χ0n) is 16.6. The first kappa shape index (κ1) is 20.3. The van der Waals surface area contributed by atoms with Crippen LogP contribution >= 0.6 is 11.6 Å². The maximum absolute atomic E-state index is 13.3. The number of nitrogens with zero attached hydrogens (tertiary/aromatic N) is 3. The zero-order valence-corrected chi connectivity index (χ0v) is 17.4. The second kappa shape index (κ2) is 8.79. The van der Waals surface area contributed by atoms with E-state index in [1.54, 1.807) is 0 Å². The number of carbonyl (C=O) groups is 1. The van der Waals surface area contributed by atoms with Crippen LogP contribution in [0.2, 0.25) is 5.02 Å². The predicted molar refractivity (Wildman–Crippen MR) is 117 cm³/mol. The summed E-state index contributed by atoms with van der Waals surface area (Å²) in [4.78, 5) is 14.8. The number of rotatable bonds is 4. The lowest BCUT2D eigenvalue weighted by atomic mass is 9.97. The highest BCUT2D eigenvalue weighted by Crippen LogP contribution is 2.26. The van der Waals surface area contributed by atoms with Crippen LogP contribution in [-0.2, 0) is 4.79 Å². The monoisotopic (exact) mass is 424 g/mol. The van der Waals surface area contributed by atoms with Crippen LogP contribution in [0.25, 0.3) is 11.3 Å². The zero-order chi connectivity index (χ0) is 21.1. The van der Waals surface area contributed by atoms with Gasteiger partial charge in [-0.1, -0.05) is 35.9 Å². The maximum Gasteiger partial charge on any atom is 0.229 e. The van der Waals surface area contributed by atoms with Gasteiger partial charge in [0.05, 0.1) is 16.6 Å². The molecule has 1 saturated heterocycles. The average molecular weight is 425 g/mol.